The Balaban J connectivity index is 3.02. The first kappa shape index (κ1) is 13.8. The lowest BCUT2D eigenvalue weighted by atomic mass is 10.1. The fourth-order valence-electron chi connectivity index (χ4n) is 1.54. The summed E-state index contributed by atoms with van der Waals surface area (Å²) in [6, 6.07) is 4.78. The van der Waals surface area contributed by atoms with E-state index in [2.05, 4.69) is 5.32 Å². The molecule has 1 aromatic carbocycles. The Morgan fingerprint density at radius 3 is 2.53 bits per heavy atom. The van der Waals surface area contributed by atoms with E-state index in [0.29, 0.717) is 10.8 Å². The van der Waals surface area contributed by atoms with Crippen LogP contribution >= 0.6 is 11.6 Å². The predicted octanol–water partition coefficient (Wildman–Crippen LogP) is 1.87. The summed E-state index contributed by atoms with van der Waals surface area (Å²) in [4.78, 5) is 11.4. The fourth-order valence-corrected chi connectivity index (χ4v) is 1.80. The molecule has 0 aromatic heterocycles. The summed E-state index contributed by atoms with van der Waals surface area (Å²) < 4.78 is 5.05. The van der Waals surface area contributed by atoms with Gasteiger partial charge >= 0.3 is 0 Å². The molecule has 0 saturated heterocycles. The van der Waals surface area contributed by atoms with Gasteiger partial charge in [-0.25, -0.2) is 0 Å². The van der Waals surface area contributed by atoms with Crippen LogP contribution in [0.4, 0.5) is 0 Å². The number of hydrogen-bond donors (Lipinski definition) is 2. The highest BCUT2D eigenvalue weighted by Gasteiger charge is 2.19. The molecular weight excluding hydrogens is 240 g/mol. The number of carbonyl (C=O) groups excluding carboxylic acids is 1. The van der Waals surface area contributed by atoms with E-state index in [4.69, 9.17) is 22.1 Å². The summed E-state index contributed by atoms with van der Waals surface area (Å²) in [5, 5.41) is 3.55. The van der Waals surface area contributed by atoms with Gasteiger partial charge in [0, 0.05) is 6.04 Å². The van der Waals surface area contributed by atoms with Crippen molar-refractivity contribution in [3.63, 3.8) is 0 Å². The zero-order valence-electron chi connectivity index (χ0n) is 10.2. The molecule has 1 unspecified atom stereocenters. The molecule has 17 heavy (non-hydrogen) atoms. The number of halogens is 1. The number of primary amides is 1. The van der Waals surface area contributed by atoms with Crippen molar-refractivity contribution in [1.29, 1.82) is 0 Å². The van der Waals surface area contributed by atoms with Crippen molar-refractivity contribution in [3.8, 4) is 5.75 Å². The van der Waals surface area contributed by atoms with Crippen molar-refractivity contribution in [3.05, 3.63) is 28.8 Å². The molecule has 4 nitrogen and oxygen atoms in total. The van der Waals surface area contributed by atoms with E-state index < -0.39 is 11.9 Å². The molecule has 0 aliphatic rings. The third kappa shape index (κ3) is 3.61. The summed E-state index contributed by atoms with van der Waals surface area (Å²) in [6.45, 7) is 3.89. The summed E-state index contributed by atoms with van der Waals surface area (Å²) in [5.74, 6) is 0.142. The van der Waals surface area contributed by atoms with E-state index in [1.165, 1.54) is 0 Å². The lowest BCUT2D eigenvalue weighted by molar-refractivity contribution is -0.120. The summed E-state index contributed by atoms with van der Waals surface area (Å²) >= 11 is 6.01. The van der Waals surface area contributed by atoms with Gasteiger partial charge in [-0.3, -0.25) is 10.1 Å². The molecule has 94 valence electrons. The first-order valence-electron chi connectivity index (χ1n) is 5.34. The molecule has 1 rings (SSSR count). The number of rotatable bonds is 5. The number of nitrogens with one attached hydrogen (secondary N) is 1. The van der Waals surface area contributed by atoms with Gasteiger partial charge in [-0.15, -0.1) is 0 Å². The first-order valence-corrected chi connectivity index (χ1v) is 5.72. The number of methoxy groups -OCH3 is 1. The van der Waals surface area contributed by atoms with Crippen LogP contribution in [0.15, 0.2) is 18.2 Å². The van der Waals surface area contributed by atoms with E-state index in [-0.39, 0.29) is 6.04 Å². The van der Waals surface area contributed by atoms with E-state index >= 15 is 0 Å². The lowest BCUT2D eigenvalue weighted by Gasteiger charge is -2.19. The Morgan fingerprint density at radius 2 is 2.12 bits per heavy atom. The molecule has 0 radical (unpaired) electrons. The monoisotopic (exact) mass is 256 g/mol. The van der Waals surface area contributed by atoms with Crippen LogP contribution in [-0.4, -0.2) is 19.1 Å². The molecule has 1 amide bonds. The van der Waals surface area contributed by atoms with Gasteiger partial charge in [-0.05, 0) is 31.5 Å². The first-order chi connectivity index (χ1) is 7.95. The minimum atomic E-state index is -0.543. The normalized spacial score (nSPS) is 12.5. The maximum atomic E-state index is 11.4. The minimum Gasteiger partial charge on any atom is -0.495 e. The molecule has 0 heterocycles. The van der Waals surface area contributed by atoms with Gasteiger partial charge < -0.3 is 10.5 Å². The van der Waals surface area contributed by atoms with Crippen LogP contribution in [0.2, 0.25) is 5.02 Å². The number of amides is 1. The number of nitrogens with two attached hydrogens (primary N) is 1. The third-order valence-electron chi connectivity index (χ3n) is 2.29. The van der Waals surface area contributed by atoms with Gasteiger partial charge in [0.05, 0.1) is 12.1 Å². The average Bonchev–Trinajstić information content (AvgIpc) is 2.25. The maximum Gasteiger partial charge on any atom is 0.239 e. The van der Waals surface area contributed by atoms with Gasteiger partial charge in [0.2, 0.25) is 5.91 Å². The average molecular weight is 257 g/mol. The van der Waals surface area contributed by atoms with Gasteiger partial charge in [-0.1, -0.05) is 17.7 Å². The maximum absolute atomic E-state index is 11.4. The van der Waals surface area contributed by atoms with Gasteiger partial charge in [0.25, 0.3) is 0 Å². The van der Waals surface area contributed by atoms with Gasteiger partial charge in [-0.2, -0.15) is 0 Å². The van der Waals surface area contributed by atoms with Crippen molar-refractivity contribution in [2.45, 2.75) is 25.9 Å². The molecule has 0 aliphatic heterocycles. The molecule has 3 N–H and O–H groups in total. The van der Waals surface area contributed by atoms with Crippen molar-refractivity contribution in [2.24, 2.45) is 5.73 Å². The highest BCUT2D eigenvalue weighted by Crippen LogP contribution is 2.27. The van der Waals surface area contributed by atoms with Crippen LogP contribution in [-0.2, 0) is 4.79 Å². The van der Waals surface area contributed by atoms with Crippen LogP contribution in [0.3, 0.4) is 0 Å². The highest BCUT2D eigenvalue weighted by atomic mass is 35.5. The van der Waals surface area contributed by atoms with Gasteiger partial charge in [0.15, 0.2) is 0 Å². The zero-order chi connectivity index (χ0) is 13.0. The SMILES string of the molecule is COc1ccc(C(NC(C)C)C(N)=O)cc1Cl. The molecule has 1 aromatic rings. The highest BCUT2D eigenvalue weighted by molar-refractivity contribution is 6.32. The summed E-state index contributed by atoms with van der Waals surface area (Å²) in [7, 11) is 1.54. The molecule has 0 bridgehead atoms. The Hall–Kier alpha value is -1.26. The van der Waals surface area contributed by atoms with Crippen molar-refractivity contribution in [2.75, 3.05) is 7.11 Å². The van der Waals surface area contributed by atoms with Crippen LogP contribution in [0.25, 0.3) is 0 Å². The van der Waals surface area contributed by atoms with E-state index in [0.717, 1.165) is 5.56 Å². The Bertz CT molecular complexity index is 407. The molecule has 0 fully saturated rings. The molecule has 0 saturated carbocycles. The number of benzene rings is 1. The van der Waals surface area contributed by atoms with Crippen LogP contribution in [0.1, 0.15) is 25.5 Å². The van der Waals surface area contributed by atoms with Gasteiger partial charge in [0.1, 0.15) is 11.8 Å². The van der Waals surface area contributed by atoms with Crippen LogP contribution < -0.4 is 15.8 Å². The molecule has 1 atom stereocenters. The second-order valence-electron chi connectivity index (χ2n) is 4.05. The van der Waals surface area contributed by atoms with E-state index in [1.807, 2.05) is 13.8 Å². The third-order valence-corrected chi connectivity index (χ3v) is 2.59. The molecule has 0 aliphatic carbocycles. The van der Waals surface area contributed by atoms with E-state index in [1.54, 1.807) is 25.3 Å². The number of ether oxygens (including phenoxy) is 1. The molecular formula is C12H17ClN2O2. The zero-order valence-corrected chi connectivity index (χ0v) is 10.9. The Kier molecular flexibility index (Phi) is 4.78. The van der Waals surface area contributed by atoms with Crippen molar-refractivity contribution >= 4 is 17.5 Å². The summed E-state index contributed by atoms with van der Waals surface area (Å²) in [6.07, 6.45) is 0. The Labute approximate surface area is 106 Å². The number of hydrogen-bond acceptors (Lipinski definition) is 3. The van der Waals surface area contributed by atoms with Crippen LogP contribution in [0, 0.1) is 0 Å². The van der Waals surface area contributed by atoms with Crippen LogP contribution in [0.5, 0.6) is 5.75 Å². The van der Waals surface area contributed by atoms with Crippen molar-refractivity contribution < 1.29 is 9.53 Å². The molecule has 0 spiro atoms. The topological polar surface area (TPSA) is 64.3 Å². The van der Waals surface area contributed by atoms with E-state index in [9.17, 15) is 4.79 Å². The standard InChI is InChI=1S/C12H17ClN2O2/c1-7(2)15-11(12(14)16)8-4-5-10(17-3)9(13)6-8/h4-7,11,15H,1-3H3,(H2,14,16). The molecule has 5 heteroatoms. The summed E-state index contributed by atoms with van der Waals surface area (Å²) in [5.41, 5.74) is 6.10. The Morgan fingerprint density at radius 1 is 1.47 bits per heavy atom. The largest absolute Gasteiger partial charge is 0.495 e. The lowest BCUT2D eigenvalue weighted by Crippen LogP contribution is -2.37. The number of carbonyl (C=O) groups is 1. The fraction of sp³-hybridized carbons (Fsp3) is 0.417. The minimum absolute atomic E-state index is 0.147. The predicted molar refractivity (Wildman–Crippen MR) is 68.2 cm³/mol. The van der Waals surface area contributed by atoms with Crippen molar-refractivity contribution in [1.82, 2.24) is 5.32 Å². The smallest absolute Gasteiger partial charge is 0.239 e. The second kappa shape index (κ2) is 5.89. The quantitative estimate of drug-likeness (QED) is 0.845. The second-order valence-corrected chi connectivity index (χ2v) is 4.46.